The van der Waals surface area contributed by atoms with E-state index in [1.165, 1.54) is 19.3 Å². The fourth-order valence-corrected chi connectivity index (χ4v) is 3.15. The van der Waals surface area contributed by atoms with Crippen molar-refractivity contribution in [3.8, 4) is 0 Å². The molecule has 2 saturated carbocycles. The van der Waals surface area contributed by atoms with Crippen molar-refractivity contribution in [3.63, 3.8) is 0 Å². The average Bonchev–Trinajstić information content (AvgIpc) is 2.78. The molecule has 102 valence electrons. The second kappa shape index (κ2) is 6.07. The number of amidine groups is 1. The number of nitrogens with one attached hydrogen (secondary N) is 3. The molecule has 0 bridgehead atoms. The smallest absolute Gasteiger partial charge is 0.315 e. The van der Waals surface area contributed by atoms with Crippen LogP contribution in [0.3, 0.4) is 0 Å². The van der Waals surface area contributed by atoms with Crippen molar-refractivity contribution in [1.82, 2.24) is 10.6 Å². The lowest BCUT2D eigenvalue weighted by atomic mass is 9.96. The maximum absolute atomic E-state index is 11.9. The zero-order valence-corrected chi connectivity index (χ0v) is 10.9. The third-order valence-corrected chi connectivity index (χ3v) is 4.17. The van der Waals surface area contributed by atoms with Gasteiger partial charge in [0.15, 0.2) is 0 Å². The molecular formula is C13H24N4O. The Morgan fingerprint density at radius 1 is 1.00 bits per heavy atom. The highest BCUT2D eigenvalue weighted by atomic mass is 16.2. The minimum Gasteiger partial charge on any atom is -0.387 e. The Labute approximate surface area is 108 Å². The lowest BCUT2D eigenvalue weighted by Crippen LogP contribution is -2.49. The number of hydrogen-bond donors (Lipinski definition) is 4. The summed E-state index contributed by atoms with van der Waals surface area (Å²) in [6.07, 6.45) is 8.79. The van der Waals surface area contributed by atoms with Crippen LogP contribution in [-0.4, -0.2) is 24.0 Å². The van der Waals surface area contributed by atoms with E-state index in [1.807, 2.05) is 0 Å². The molecule has 0 aliphatic heterocycles. The summed E-state index contributed by atoms with van der Waals surface area (Å²) in [5.41, 5.74) is 5.56. The van der Waals surface area contributed by atoms with E-state index < -0.39 is 0 Å². The van der Waals surface area contributed by atoms with Crippen molar-refractivity contribution in [3.05, 3.63) is 0 Å². The van der Waals surface area contributed by atoms with Crippen LogP contribution in [0.25, 0.3) is 0 Å². The van der Waals surface area contributed by atoms with Crippen LogP contribution in [0.15, 0.2) is 0 Å². The van der Waals surface area contributed by atoms with Crippen molar-refractivity contribution in [2.75, 3.05) is 0 Å². The van der Waals surface area contributed by atoms with E-state index in [0.717, 1.165) is 32.1 Å². The molecule has 0 spiro atoms. The van der Waals surface area contributed by atoms with Gasteiger partial charge in [0.25, 0.3) is 0 Å². The van der Waals surface area contributed by atoms with Gasteiger partial charge in [0.1, 0.15) is 0 Å². The molecule has 2 aliphatic rings. The highest BCUT2D eigenvalue weighted by molar-refractivity contribution is 5.82. The second-order valence-electron chi connectivity index (χ2n) is 5.55. The average molecular weight is 252 g/mol. The first-order chi connectivity index (χ1) is 8.66. The Balaban J connectivity index is 1.77. The van der Waals surface area contributed by atoms with Crippen molar-refractivity contribution < 1.29 is 4.79 Å². The van der Waals surface area contributed by atoms with Crippen LogP contribution in [0, 0.1) is 11.3 Å². The summed E-state index contributed by atoms with van der Waals surface area (Å²) >= 11 is 0. The molecule has 2 unspecified atom stereocenters. The molecular weight excluding hydrogens is 228 g/mol. The molecule has 0 aromatic heterocycles. The van der Waals surface area contributed by atoms with Gasteiger partial charge in [0, 0.05) is 18.0 Å². The minimum absolute atomic E-state index is 0.0297. The molecule has 2 rings (SSSR count). The Morgan fingerprint density at radius 3 is 2.39 bits per heavy atom. The summed E-state index contributed by atoms with van der Waals surface area (Å²) in [7, 11) is 0. The topological polar surface area (TPSA) is 91.0 Å². The van der Waals surface area contributed by atoms with Crippen LogP contribution < -0.4 is 16.4 Å². The van der Waals surface area contributed by atoms with Crippen molar-refractivity contribution in [2.24, 2.45) is 11.7 Å². The van der Waals surface area contributed by atoms with Gasteiger partial charge >= 0.3 is 6.03 Å². The Hall–Kier alpha value is -1.26. The van der Waals surface area contributed by atoms with E-state index in [-0.39, 0.29) is 23.8 Å². The maximum atomic E-state index is 11.9. The van der Waals surface area contributed by atoms with Gasteiger partial charge in [0.05, 0.1) is 5.84 Å². The molecule has 2 fully saturated rings. The van der Waals surface area contributed by atoms with E-state index in [9.17, 15) is 4.79 Å². The van der Waals surface area contributed by atoms with Crippen LogP contribution in [0.2, 0.25) is 0 Å². The van der Waals surface area contributed by atoms with E-state index in [1.54, 1.807) is 0 Å². The van der Waals surface area contributed by atoms with E-state index in [0.29, 0.717) is 6.04 Å². The molecule has 0 aromatic carbocycles. The zero-order valence-electron chi connectivity index (χ0n) is 10.9. The van der Waals surface area contributed by atoms with E-state index >= 15 is 0 Å². The highest BCUT2D eigenvalue weighted by Gasteiger charge is 2.31. The predicted molar refractivity (Wildman–Crippen MR) is 71.6 cm³/mol. The van der Waals surface area contributed by atoms with Crippen LogP contribution in [0.5, 0.6) is 0 Å². The van der Waals surface area contributed by atoms with E-state index in [4.69, 9.17) is 11.1 Å². The van der Waals surface area contributed by atoms with Crippen LogP contribution >= 0.6 is 0 Å². The number of carbonyl (C=O) groups excluding carboxylic acids is 1. The normalized spacial score (nSPS) is 28.9. The molecule has 5 N–H and O–H groups in total. The molecule has 2 atom stereocenters. The maximum Gasteiger partial charge on any atom is 0.315 e. The summed E-state index contributed by atoms with van der Waals surface area (Å²) in [6.45, 7) is 0. The third-order valence-electron chi connectivity index (χ3n) is 4.17. The number of nitrogens with two attached hydrogens (primary N) is 1. The molecule has 5 heteroatoms. The fraction of sp³-hybridized carbons (Fsp3) is 0.846. The number of rotatable bonds is 3. The summed E-state index contributed by atoms with van der Waals surface area (Å²) in [5.74, 6) is 0.234. The van der Waals surface area contributed by atoms with Gasteiger partial charge in [-0.1, -0.05) is 25.7 Å². The van der Waals surface area contributed by atoms with Gasteiger partial charge in [-0.2, -0.15) is 0 Å². The molecule has 0 saturated heterocycles. The van der Waals surface area contributed by atoms with Gasteiger partial charge in [0.2, 0.25) is 0 Å². The lowest BCUT2D eigenvalue weighted by molar-refractivity contribution is 0.227. The van der Waals surface area contributed by atoms with Gasteiger partial charge in [-0.05, 0) is 25.7 Å². The first kappa shape index (κ1) is 13.2. The molecule has 0 heterocycles. The largest absolute Gasteiger partial charge is 0.387 e. The molecule has 5 nitrogen and oxygen atoms in total. The van der Waals surface area contributed by atoms with Gasteiger partial charge in [-0.15, -0.1) is 0 Å². The van der Waals surface area contributed by atoms with Gasteiger partial charge in [-0.25, -0.2) is 4.79 Å². The lowest BCUT2D eigenvalue weighted by Gasteiger charge is -2.25. The fourth-order valence-electron chi connectivity index (χ4n) is 3.15. The quantitative estimate of drug-likeness (QED) is 0.455. The molecule has 0 radical (unpaired) electrons. The summed E-state index contributed by atoms with van der Waals surface area (Å²) in [4.78, 5) is 11.9. The van der Waals surface area contributed by atoms with Gasteiger partial charge < -0.3 is 16.4 Å². The Morgan fingerprint density at radius 2 is 1.72 bits per heavy atom. The SMILES string of the molecule is N=C(N)C1CCCC1NC(=O)NC1CCCCC1. The molecule has 0 aromatic rings. The number of amides is 2. The first-order valence-corrected chi connectivity index (χ1v) is 7.08. The molecule has 18 heavy (non-hydrogen) atoms. The monoisotopic (exact) mass is 252 g/mol. The summed E-state index contributed by atoms with van der Waals surface area (Å²) in [5, 5.41) is 13.6. The van der Waals surface area contributed by atoms with Crippen LogP contribution in [0.4, 0.5) is 4.79 Å². The van der Waals surface area contributed by atoms with Crippen molar-refractivity contribution in [1.29, 1.82) is 5.41 Å². The van der Waals surface area contributed by atoms with Crippen molar-refractivity contribution >= 4 is 11.9 Å². The zero-order chi connectivity index (χ0) is 13.0. The van der Waals surface area contributed by atoms with Gasteiger partial charge in [-0.3, -0.25) is 5.41 Å². The minimum atomic E-state index is -0.0833. The Bertz CT molecular complexity index is 312. The standard InChI is InChI=1S/C13H24N4O/c14-12(15)10-7-4-8-11(10)17-13(18)16-9-5-2-1-3-6-9/h9-11H,1-8H2,(H3,14,15)(H2,16,17,18). The number of hydrogen-bond acceptors (Lipinski definition) is 2. The van der Waals surface area contributed by atoms with Crippen molar-refractivity contribution in [2.45, 2.75) is 63.5 Å². The first-order valence-electron chi connectivity index (χ1n) is 7.08. The second-order valence-corrected chi connectivity index (χ2v) is 5.55. The molecule has 2 aliphatic carbocycles. The summed E-state index contributed by atoms with van der Waals surface area (Å²) in [6, 6.07) is 0.294. The highest BCUT2D eigenvalue weighted by Crippen LogP contribution is 2.25. The van der Waals surface area contributed by atoms with E-state index in [2.05, 4.69) is 10.6 Å². The summed E-state index contributed by atoms with van der Waals surface area (Å²) < 4.78 is 0. The number of carbonyl (C=O) groups is 1. The predicted octanol–water partition coefficient (Wildman–Crippen LogP) is 1.72. The number of urea groups is 1. The Kier molecular flexibility index (Phi) is 4.44. The third kappa shape index (κ3) is 3.37. The van der Waals surface area contributed by atoms with Crippen LogP contribution in [-0.2, 0) is 0 Å². The molecule has 2 amide bonds. The van der Waals surface area contributed by atoms with Crippen LogP contribution in [0.1, 0.15) is 51.4 Å².